The first-order chi connectivity index (χ1) is 13.3. The fourth-order valence-corrected chi connectivity index (χ4v) is 5.21. The highest BCUT2D eigenvalue weighted by molar-refractivity contribution is 7.89. The Labute approximate surface area is 169 Å². The summed E-state index contributed by atoms with van der Waals surface area (Å²) < 4.78 is 32.9. The fraction of sp³-hybridized carbons (Fsp3) is 0.650. The first-order valence-corrected chi connectivity index (χ1v) is 11.5. The first-order valence-electron chi connectivity index (χ1n) is 10.1. The molecule has 7 nitrogen and oxygen atoms in total. The van der Waals surface area contributed by atoms with Crippen LogP contribution >= 0.6 is 0 Å². The molecular weight excluding hydrogens is 378 g/mol. The van der Waals surface area contributed by atoms with E-state index in [1.54, 1.807) is 26.0 Å². The van der Waals surface area contributed by atoms with Crippen molar-refractivity contribution in [3.8, 4) is 5.75 Å². The summed E-state index contributed by atoms with van der Waals surface area (Å²) in [6.45, 7) is 10.8. The second kappa shape index (κ2) is 10.2. The highest BCUT2D eigenvalue weighted by Crippen LogP contribution is 2.30. The summed E-state index contributed by atoms with van der Waals surface area (Å²) in [4.78, 5) is 14.7. The van der Waals surface area contributed by atoms with Crippen LogP contribution in [0.4, 0.5) is 5.69 Å². The number of likely N-dealkylation sites (tertiary alicyclic amines) is 1. The molecule has 0 aromatic heterocycles. The Morgan fingerprint density at radius 1 is 1.29 bits per heavy atom. The SMILES string of the molecule is CCOc1ccc(NC(=O)CN2CCC[C@H](C)C2)cc1S(=O)(=O)N(CC)CC. The van der Waals surface area contributed by atoms with E-state index in [-0.39, 0.29) is 10.8 Å². The van der Waals surface area contributed by atoms with Gasteiger partial charge in [-0.1, -0.05) is 20.8 Å². The van der Waals surface area contributed by atoms with Crippen molar-refractivity contribution in [3.05, 3.63) is 18.2 Å². The monoisotopic (exact) mass is 411 g/mol. The topological polar surface area (TPSA) is 79.0 Å². The van der Waals surface area contributed by atoms with Crippen LogP contribution in [0.15, 0.2) is 23.1 Å². The van der Waals surface area contributed by atoms with Crippen molar-refractivity contribution in [2.75, 3.05) is 44.6 Å². The van der Waals surface area contributed by atoms with E-state index < -0.39 is 10.0 Å². The minimum absolute atomic E-state index is 0.0856. The first kappa shape index (κ1) is 22.6. The Morgan fingerprint density at radius 3 is 2.61 bits per heavy atom. The number of benzene rings is 1. The molecule has 1 heterocycles. The lowest BCUT2D eigenvalue weighted by atomic mass is 10.0. The summed E-state index contributed by atoms with van der Waals surface area (Å²) in [6.07, 6.45) is 2.30. The number of amides is 1. The minimum Gasteiger partial charge on any atom is -0.492 e. The molecule has 1 amide bonds. The van der Waals surface area contributed by atoms with E-state index >= 15 is 0 Å². The average molecular weight is 412 g/mol. The van der Waals surface area contributed by atoms with Gasteiger partial charge in [0.1, 0.15) is 10.6 Å². The maximum Gasteiger partial charge on any atom is 0.246 e. The number of piperidine rings is 1. The van der Waals surface area contributed by atoms with Gasteiger partial charge in [0.25, 0.3) is 0 Å². The number of rotatable bonds is 9. The van der Waals surface area contributed by atoms with E-state index in [0.29, 0.717) is 43.6 Å². The zero-order chi connectivity index (χ0) is 20.7. The van der Waals surface area contributed by atoms with Crippen LogP contribution in [-0.4, -0.2) is 62.9 Å². The Kier molecular flexibility index (Phi) is 8.27. The highest BCUT2D eigenvalue weighted by atomic mass is 32.2. The zero-order valence-electron chi connectivity index (χ0n) is 17.4. The molecule has 158 valence electrons. The Balaban J connectivity index is 2.20. The van der Waals surface area contributed by atoms with Gasteiger partial charge in [-0.05, 0) is 50.4 Å². The van der Waals surface area contributed by atoms with Gasteiger partial charge in [0.2, 0.25) is 15.9 Å². The van der Waals surface area contributed by atoms with Crippen molar-refractivity contribution >= 4 is 21.6 Å². The molecule has 1 fully saturated rings. The van der Waals surface area contributed by atoms with Gasteiger partial charge in [0.15, 0.2) is 0 Å². The molecule has 8 heteroatoms. The molecule has 1 aliphatic rings. The van der Waals surface area contributed by atoms with Gasteiger partial charge in [-0.3, -0.25) is 9.69 Å². The molecule has 0 saturated carbocycles. The standard InChI is InChI=1S/C20H33N3O4S/c1-5-23(6-2)28(25,26)19-13-17(10-11-18(19)27-7-3)21-20(24)15-22-12-8-9-16(4)14-22/h10-11,13,16H,5-9,12,14-15H2,1-4H3,(H,21,24)/t16-/m0/s1. The number of hydrogen-bond donors (Lipinski definition) is 1. The van der Waals surface area contributed by atoms with Crippen molar-refractivity contribution in [1.82, 2.24) is 9.21 Å². The molecule has 0 unspecified atom stereocenters. The normalized spacial score (nSPS) is 18.2. The van der Waals surface area contributed by atoms with Crippen molar-refractivity contribution < 1.29 is 17.9 Å². The molecule has 1 atom stereocenters. The smallest absolute Gasteiger partial charge is 0.246 e. The lowest BCUT2D eigenvalue weighted by molar-refractivity contribution is -0.117. The summed E-state index contributed by atoms with van der Waals surface area (Å²) in [5.41, 5.74) is 0.462. The van der Waals surface area contributed by atoms with Crippen LogP contribution in [0.2, 0.25) is 0 Å². The molecule has 1 saturated heterocycles. The van der Waals surface area contributed by atoms with Crippen LogP contribution in [0.5, 0.6) is 5.75 Å². The van der Waals surface area contributed by atoms with Gasteiger partial charge in [-0.15, -0.1) is 0 Å². The van der Waals surface area contributed by atoms with Gasteiger partial charge < -0.3 is 10.1 Å². The van der Waals surface area contributed by atoms with Crippen LogP contribution < -0.4 is 10.1 Å². The average Bonchev–Trinajstić information content (AvgIpc) is 2.63. The van der Waals surface area contributed by atoms with Gasteiger partial charge in [-0.25, -0.2) is 8.42 Å². The summed E-state index contributed by atoms with van der Waals surface area (Å²) in [5, 5.41) is 2.84. The minimum atomic E-state index is -3.70. The van der Waals surface area contributed by atoms with Gasteiger partial charge in [0, 0.05) is 25.3 Å². The lowest BCUT2D eigenvalue weighted by Crippen LogP contribution is -2.39. The lowest BCUT2D eigenvalue weighted by Gasteiger charge is -2.30. The third-order valence-corrected chi connectivity index (χ3v) is 7.03. The van der Waals surface area contributed by atoms with E-state index in [9.17, 15) is 13.2 Å². The zero-order valence-corrected chi connectivity index (χ0v) is 18.2. The van der Waals surface area contributed by atoms with Crippen LogP contribution in [0.1, 0.15) is 40.5 Å². The largest absolute Gasteiger partial charge is 0.492 e. The molecule has 1 N–H and O–H groups in total. The number of sulfonamides is 1. The summed E-state index contributed by atoms with van der Waals surface area (Å²) >= 11 is 0. The van der Waals surface area contributed by atoms with Crippen LogP contribution in [0.25, 0.3) is 0 Å². The number of nitrogens with zero attached hydrogens (tertiary/aromatic N) is 2. The van der Waals surface area contributed by atoms with Crippen molar-refractivity contribution in [3.63, 3.8) is 0 Å². The van der Waals surface area contributed by atoms with E-state index in [4.69, 9.17) is 4.74 Å². The molecule has 0 spiro atoms. The quantitative estimate of drug-likeness (QED) is 0.676. The molecule has 1 aliphatic heterocycles. The van der Waals surface area contributed by atoms with Crippen LogP contribution in [-0.2, 0) is 14.8 Å². The second-order valence-electron chi connectivity index (χ2n) is 7.21. The van der Waals surface area contributed by atoms with Gasteiger partial charge in [0.05, 0.1) is 13.2 Å². The van der Waals surface area contributed by atoms with Crippen LogP contribution in [0.3, 0.4) is 0 Å². The number of carbonyl (C=O) groups is 1. The van der Waals surface area contributed by atoms with E-state index in [0.717, 1.165) is 19.5 Å². The second-order valence-corrected chi connectivity index (χ2v) is 9.12. The van der Waals surface area contributed by atoms with E-state index in [1.165, 1.54) is 16.8 Å². The Bertz CT molecular complexity index is 763. The molecule has 0 radical (unpaired) electrons. The van der Waals surface area contributed by atoms with Crippen molar-refractivity contribution in [2.45, 2.75) is 45.4 Å². The molecule has 28 heavy (non-hydrogen) atoms. The summed E-state index contributed by atoms with van der Waals surface area (Å²) in [6, 6.07) is 4.79. The third-order valence-electron chi connectivity index (χ3n) is 4.96. The Hall–Kier alpha value is -1.64. The third kappa shape index (κ3) is 5.68. The van der Waals surface area contributed by atoms with Crippen LogP contribution in [0, 0.1) is 5.92 Å². The molecule has 1 aromatic rings. The predicted molar refractivity (Wildman–Crippen MR) is 111 cm³/mol. The summed E-state index contributed by atoms with van der Waals surface area (Å²) in [5.74, 6) is 0.763. The molecule has 0 aliphatic carbocycles. The number of anilines is 1. The number of carbonyl (C=O) groups excluding carboxylic acids is 1. The summed E-state index contributed by atoms with van der Waals surface area (Å²) in [7, 11) is -3.70. The number of nitrogens with one attached hydrogen (secondary N) is 1. The molecular formula is C20H33N3O4S. The van der Waals surface area contributed by atoms with E-state index in [2.05, 4.69) is 17.1 Å². The van der Waals surface area contributed by atoms with Crippen molar-refractivity contribution in [1.29, 1.82) is 0 Å². The highest BCUT2D eigenvalue weighted by Gasteiger charge is 2.26. The maximum absolute atomic E-state index is 13.0. The van der Waals surface area contributed by atoms with Gasteiger partial charge in [-0.2, -0.15) is 4.31 Å². The molecule has 0 bridgehead atoms. The molecule has 1 aromatic carbocycles. The maximum atomic E-state index is 13.0. The number of ether oxygens (including phenoxy) is 1. The van der Waals surface area contributed by atoms with E-state index in [1.807, 2.05) is 6.92 Å². The molecule has 2 rings (SSSR count). The Morgan fingerprint density at radius 2 is 2.00 bits per heavy atom. The van der Waals surface area contributed by atoms with Gasteiger partial charge >= 0.3 is 0 Å². The fourth-order valence-electron chi connectivity index (χ4n) is 3.60. The number of hydrogen-bond acceptors (Lipinski definition) is 5. The predicted octanol–water partition coefficient (Wildman–Crippen LogP) is 2.79. The van der Waals surface area contributed by atoms with Crippen molar-refractivity contribution in [2.24, 2.45) is 5.92 Å².